The number of nitrogens with one attached hydrogen (secondary N) is 2. The van der Waals surface area contributed by atoms with E-state index in [1.807, 2.05) is 33.9 Å². The number of aliphatic carboxylic acids is 1. The highest BCUT2D eigenvalue weighted by atomic mass is 32.2. The molecule has 0 heterocycles. The molecule has 2 aromatic rings. The van der Waals surface area contributed by atoms with E-state index in [0.717, 1.165) is 12.1 Å². The smallest absolute Gasteiger partial charge is 0.326 e. The molecule has 1 radical (unpaired) electrons. The number of nitrogens with zero attached hydrogens (tertiary/aromatic N) is 1. The van der Waals surface area contributed by atoms with Gasteiger partial charge in [0.2, 0.25) is 19.1 Å². The maximum atomic E-state index is 13.5. The fourth-order valence-electron chi connectivity index (χ4n) is 3.90. The van der Waals surface area contributed by atoms with Gasteiger partial charge in [-0.05, 0) is 37.1 Å². The van der Waals surface area contributed by atoms with Crippen molar-refractivity contribution < 1.29 is 27.7 Å². The van der Waals surface area contributed by atoms with Crippen molar-refractivity contribution in [3.05, 3.63) is 70.3 Å². The zero-order valence-corrected chi connectivity index (χ0v) is 23.8. The Balaban J connectivity index is 2.55. The Morgan fingerprint density at radius 1 is 1.11 bits per heavy atom. The number of hydrogen-bond donors (Lipinski definition) is 3. The highest BCUT2D eigenvalue weighted by Gasteiger charge is 2.48. The Kier molecular flexibility index (Phi) is 10.1. The molecule has 2 unspecified atom stereocenters. The Morgan fingerprint density at radius 3 is 2.19 bits per heavy atom. The first-order chi connectivity index (χ1) is 17.1. The van der Waals surface area contributed by atoms with Crippen LogP contribution in [0.15, 0.2) is 59.5 Å². The van der Waals surface area contributed by atoms with E-state index in [0.29, 0.717) is 5.56 Å². The fourth-order valence-corrected chi connectivity index (χ4v) is 6.50. The van der Waals surface area contributed by atoms with Crippen molar-refractivity contribution in [2.75, 3.05) is 6.54 Å². The Bertz CT molecular complexity index is 1190. The van der Waals surface area contributed by atoms with Gasteiger partial charge in [0.25, 0.3) is 5.69 Å². The van der Waals surface area contributed by atoms with Crippen LogP contribution in [-0.4, -0.2) is 57.7 Å². The van der Waals surface area contributed by atoms with Gasteiger partial charge in [0.1, 0.15) is 5.54 Å². The van der Waals surface area contributed by atoms with Gasteiger partial charge < -0.3 is 14.8 Å². The number of carboxylic acids is 1. The Morgan fingerprint density at radius 2 is 1.68 bits per heavy atom. The topological polar surface area (TPSA) is 148 Å². The van der Waals surface area contributed by atoms with Crippen LogP contribution in [0.5, 0.6) is 0 Å². The third-order valence-electron chi connectivity index (χ3n) is 6.07. The summed E-state index contributed by atoms with van der Waals surface area (Å²) in [7, 11) is -5.70. The second-order valence-electron chi connectivity index (χ2n) is 10.3. The minimum Gasteiger partial charge on any atom is -0.480 e. The van der Waals surface area contributed by atoms with Gasteiger partial charge in [0, 0.05) is 25.1 Å². The normalized spacial score (nSPS) is 15.6. The van der Waals surface area contributed by atoms with Gasteiger partial charge in [-0.1, -0.05) is 63.2 Å². The van der Waals surface area contributed by atoms with E-state index < -0.39 is 52.1 Å². The quantitative estimate of drug-likeness (QED) is 0.195. The number of para-hydroxylation sites is 1. The van der Waals surface area contributed by atoms with Crippen LogP contribution in [0.1, 0.15) is 33.3 Å². The van der Waals surface area contributed by atoms with Crippen LogP contribution >= 0.6 is 0 Å². The third-order valence-corrected chi connectivity index (χ3v) is 8.38. The van der Waals surface area contributed by atoms with E-state index in [1.165, 1.54) is 12.1 Å². The number of nitro groups is 1. The molecule has 3 N–H and O–H groups in total. The number of hydrogen-bond acceptors (Lipinski definition) is 7. The zero-order chi connectivity index (χ0) is 28.0. The van der Waals surface area contributed by atoms with Crippen LogP contribution in [0.3, 0.4) is 0 Å². The Labute approximate surface area is 220 Å². The molecular formula is C25H36N3O7SSi. The van der Waals surface area contributed by atoms with E-state index in [1.54, 1.807) is 37.3 Å². The first-order valence-electron chi connectivity index (χ1n) is 11.8. The van der Waals surface area contributed by atoms with E-state index in [2.05, 4.69) is 10.0 Å². The molecule has 0 spiro atoms. The lowest BCUT2D eigenvalue weighted by Crippen LogP contribution is -2.67. The molecule has 0 aromatic heterocycles. The second-order valence-corrected chi connectivity index (χ2v) is 14.0. The van der Waals surface area contributed by atoms with Crippen molar-refractivity contribution in [3.8, 4) is 0 Å². The molecule has 0 aliphatic rings. The predicted molar refractivity (Wildman–Crippen MR) is 143 cm³/mol. The van der Waals surface area contributed by atoms with Gasteiger partial charge in [-0.3, -0.25) is 14.9 Å². The number of benzene rings is 2. The van der Waals surface area contributed by atoms with Crippen molar-refractivity contribution in [3.63, 3.8) is 0 Å². The summed E-state index contributed by atoms with van der Waals surface area (Å²) in [6.07, 6.45) is -0.455. The summed E-state index contributed by atoms with van der Waals surface area (Å²) in [5, 5.41) is 25.2. The predicted octanol–water partition coefficient (Wildman–Crippen LogP) is 3.60. The molecule has 0 saturated carbocycles. The maximum absolute atomic E-state index is 13.5. The minimum absolute atomic E-state index is 0.200. The highest BCUT2D eigenvalue weighted by molar-refractivity contribution is 7.89. The zero-order valence-electron chi connectivity index (χ0n) is 22.0. The number of nitro benzene ring substituents is 1. The molecule has 0 saturated heterocycles. The minimum atomic E-state index is -4.63. The van der Waals surface area contributed by atoms with Crippen molar-refractivity contribution in [2.24, 2.45) is 5.41 Å². The van der Waals surface area contributed by atoms with Crippen LogP contribution in [0, 0.1) is 15.5 Å². The lowest BCUT2D eigenvalue weighted by Gasteiger charge is -2.39. The number of rotatable bonds is 13. The molecule has 2 aromatic carbocycles. The van der Waals surface area contributed by atoms with E-state index >= 15 is 0 Å². The largest absolute Gasteiger partial charge is 0.480 e. The molecule has 0 amide bonds. The van der Waals surface area contributed by atoms with Crippen molar-refractivity contribution in [2.45, 2.75) is 69.8 Å². The van der Waals surface area contributed by atoms with E-state index in [-0.39, 0.29) is 24.5 Å². The molecular weight excluding hydrogens is 514 g/mol. The van der Waals surface area contributed by atoms with Gasteiger partial charge in [-0.15, -0.1) is 0 Å². The lowest BCUT2D eigenvalue weighted by molar-refractivity contribution is -0.387. The van der Waals surface area contributed by atoms with Gasteiger partial charge in [-0.2, -0.15) is 4.72 Å². The SMILES string of the molecule is CC(NCC(O[Si](C)C)C(C)(C)C)[C@](Cc1ccccc1)(NS(=O)(=O)c1ccccc1[N+](=O)[O-])C(=O)O. The van der Waals surface area contributed by atoms with Crippen LogP contribution in [-0.2, 0) is 25.7 Å². The molecule has 0 aliphatic carbocycles. The first-order valence-corrected chi connectivity index (χ1v) is 15.7. The van der Waals surface area contributed by atoms with Crippen molar-refractivity contribution in [1.82, 2.24) is 10.0 Å². The monoisotopic (exact) mass is 550 g/mol. The number of sulfonamides is 1. The molecule has 37 heavy (non-hydrogen) atoms. The standard InChI is InChI=1S/C25H36N3O7SSi/c1-18(26-17-22(24(2,3)4)35-37(5)6)25(23(29)30,16-19-12-8-7-9-13-19)27-36(33,34)21-15-11-10-14-20(21)28(31)32/h7-15,18,22,26-27H,16-17H2,1-6H3,(H,29,30)/t18?,22?,25-/m0/s1. The van der Waals surface area contributed by atoms with Crippen molar-refractivity contribution in [1.29, 1.82) is 0 Å². The van der Waals surface area contributed by atoms with Gasteiger partial charge >= 0.3 is 5.97 Å². The summed E-state index contributed by atoms with van der Waals surface area (Å²) in [6, 6.07) is 12.5. The maximum Gasteiger partial charge on any atom is 0.326 e. The molecule has 12 heteroatoms. The van der Waals surface area contributed by atoms with E-state index in [4.69, 9.17) is 4.43 Å². The van der Waals surface area contributed by atoms with E-state index in [9.17, 15) is 28.4 Å². The Hall–Kier alpha value is -2.64. The van der Waals surface area contributed by atoms with Crippen LogP contribution in [0.2, 0.25) is 13.1 Å². The van der Waals surface area contributed by atoms with Gasteiger partial charge in [0.05, 0.1) is 11.0 Å². The fraction of sp³-hybridized carbons (Fsp3) is 0.480. The summed E-state index contributed by atoms with van der Waals surface area (Å²) < 4.78 is 35.5. The summed E-state index contributed by atoms with van der Waals surface area (Å²) in [5.41, 5.74) is -2.39. The molecule has 0 bridgehead atoms. The number of carbonyl (C=O) groups is 1. The number of carboxylic acid groups (broad SMARTS) is 1. The summed E-state index contributed by atoms with van der Waals surface area (Å²) >= 11 is 0. The average Bonchev–Trinajstić information content (AvgIpc) is 2.80. The summed E-state index contributed by atoms with van der Waals surface area (Å²) in [5.74, 6) is -1.41. The molecule has 10 nitrogen and oxygen atoms in total. The van der Waals surface area contributed by atoms with Crippen molar-refractivity contribution >= 4 is 30.7 Å². The third kappa shape index (κ3) is 7.92. The molecule has 3 atom stereocenters. The molecule has 0 fully saturated rings. The van der Waals surface area contributed by atoms with Gasteiger partial charge in [0.15, 0.2) is 4.90 Å². The molecule has 2 rings (SSSR count). The lowest BCUT2D eigenvalue weighted by atomic mass is 9.84. The molecule has 203 valence electrons. The average molecular weight is 551 g/mol. The molecule has 0 aliphatic heterocycles. The highest BCUT2D eigenvalue weighted by Crippen LogP contribution is 2.28. The van der Waals surface area contributed by atoms with Crippen LogP contribution in [0.4, 0.5) is 5.69 Å². The first kappa shape index (κ1) is 30.6. The van der Waals surface area contributed by atoms with Crippen LogP contribution in [0.25, 0.3) is 0 Å². The van der Waals surface area contributed by atoms with Crippen LogP contribution < -0.4 is 10.0 Å². The second kappa shape index (κ2) is 12.3. The summed E-state index contributed by atoms with van der Waals surface area (Å²) in [4.78, 5) is 23.0. The van der Waals surface area contributed by atoms with Gasteiger partial charge in [-0.25, -0.2) is 8.42 Å². The summed E-state index contributed by atoms with van der Waals surface area (Å²) in [6.45, 7) is 11.9.